The molecule has 0 spiro atoms. The second-order valence-electron chi connectivity index (χ2n) is 6.73. The summed E-state index contributed by atoms with van der Waals surface area (Å²) in [5.41, 5.74) is 4.09. The molecule has 8 nitrogen and oxygen atoms in total. The van der Waals surface area contributed by atoms with E-state index in [-0.39, 0.29) is 18.2 Å². The normalized spacial score (nSPS) is 11.2. The standard InChI is InChI=1S/C20H21N3O5/c1-20(2,19(21)25)23-18(24)16-10-28-17(22-16)11-27-15-7-5-12-4-6-14(26-3)8-13(12)9-15/h4-10H,11H2,1-3H3,(H2,21,25)(H,23,24). The average Bonchev–Trinajstić information content (AvgIpc) is 3.14. The van der Waals surface area contributed by atoms with Crippen LogP contribution < -0.4 is 20.5 Å². The number of nitrogens with two attached hydrogens (primary N) is 1. The molecule has 0 saturated heterocycles. The maximum Gasteiger partial charge on any atom is 0.274 e. The van der Waals surface area contributed by atoms with Crippen LogP contribution in [0, 0.1) is 0 Å². The van der Waals surface area contributed by atoms with Crippen molar-refractivity contribution in [1.82, 2.24) is 10.3 Å². The van der Waals surface area contributed by atoms with Gasteiger partial charge in [0.25, 0.3) is 5.91 Å². The second kappa shape index (κ2) is 7.59. The van der Waals surface area contributed by atoms with Crippen LogP contribution in [0.2, 0.25) is 0 Å². The summed E-state index contributed by atoms with van der Waals surface area (Å²) in [5.74, 6) is 0.400. The Labute approximate surface area is 161 Å². The zero-order valence-corrected chi connectivity index (χ0v) is 15.8. The average molecular weight is 383 g/mol. The van der Waals surface area contributed by atoms with E-state index in [9.17, 15) is 9.59 Å². The molecule has 0 aliphatic rings. The first-order chi connectivity index (χ1) is 13.3. The van der Waals surface area contributed by atoms with Crippen LogP contribution in [-0.2, 0) is 11.4 Å². The lowest BCUT2D eigenvalue weighted by Gasteiger charge is -2.21. The van der Waals surface area contributed by atoms with Crippen LogP contribution in [0.4, 0.5) is 0 Å². The molecule has 0 aliphatic carbocycles. The van der Waals surface area contributed by atoms with Crippen LogP contribution in [0.25, 0.3) is 10.8 Å². The molecular weight excluding hydrogens is 362 g/mol. The van der Waals surface area contributed by atoms with Gasteiger partial charge in [-0.05, 0) is 48.9 Å². The number of fused-ring (bicyclic) bond motifs is 1. The molecule has 0 atom stereocenters. The second-order valence-corrected chi connectivity index (χ2v) is 6.73. The molecule has 3 aromatic rings. The van der Waals surface area contributed by atoms with Gasteiger partial charge in [-0.3, -0.25) is 9.59 Å². The van der Waals surface area contributed by atoms with E-state index in [0.29, 0.717) is 5.75 Å². The minimum atomic E-state index is -1.20. The molecule has 28 heavy (non-hydrogen) atoms. The van der Waals surface area contributed by atoms with E-state index in [1.807, 2.05) is 36.4 Å². The van der Waals surface area contributed by atoms with Crippen LogP contribution in [-0.4, -0.2) is 29.4 Å². The summed E-state index contributed by atoms with van der Waals surface area (Å²) in [5, 5.41) is 4.53. The fraction of sp³-hybridized carbons (Fsp3) is 0.250. The fourth-order valence-electron chi connectivity index (χ4n) is 2.46. The smallest absolute Gasteiger partial charge is 0.274 e. The molecule has 1 aromatic heterocycles. The van der Waals surface area contributed by atoms with E-state index in [1.165, 1.54) is 20.1 Å². The number of ether oxygens (including phenoxy) is 2. The highest BCUT2D eigenvalue weighted by molar-refractivity contribution is 5.97. The Morgan fingerprint density at radius 2 is 1.82 bits per heavy atom. The molecule has 0 aliphatic heterocycles. The van der Waals surface area contributed by atoms with Crippen LogP contribution in [0.15, 0.2) is 47.1 Å². The van der Waals surface area contributed by atoms with Gasteiger partial charge >= 0.3 is 0 Å². The van der Waals surface area contributed by atoms with E-state index < -0.39 is 17.4 Å². The van der Waals surface area contributed by atoms with E-state index in [1.54, 1.807) is 7.11 Å². The van der Waals surface area contributed by atoms with Crippen LogP contribution >= 0.6 is 0 Å². The highest BCUT2D eigenvalue weighted by Crippen LogP contribution is 2.25. The van der Waals surface area contributed by atoms with Crippen molar-refractivity contribution in [2.24, 2.45) is 5.73 Å². The Bertz CT molecular complexity index is 1030. The molecular formula is C20H21N3O5. The number of nitrogens with one attached hydrogen (secondary N) is 1. The van der Waals surface area contributed by atoms with E-state index in [0.717, 1.165) is 16.5 Å². The van der Waals surface area contributed by atoms with Crippen molar-refractivity contribution in [2.75, 3.05) is 7.11 Å². The van der Waals surface area contributed by atoms with Gasteiger partial charge in [0.1, 0.15) is 23.3 Å². The van der Waals surface area contributed by atoms with Gasteiger partial charge in [0, 0.05) is 0 Å². The third kappa shape index (κ3) is 4.22. The monoisotopic (exact) mass is 383 g/mol. The Hall–Kier alpha value is -3.55. The predicted octanol–water partition coefficient (Wildman–Crippen LogP) is 2.41. The molecule has 3 N–H and O–H groups in total. The SMILES string of the molecule is COc1ccc2ccc(OCc3nc(C(=O)NC(C)(C)C(N)=O)co3)cc2c1. The fourth-order valence-corrected chi connectivity index (χ4v) is 2.46. The van der Waals surface area contributed by atoms with Gasteiger partial charge in [0.15, 0.2) is 12.3 Å². The topological polar surface area (TPSA) is 117 Å². The van der Waals surface area contributed by atoms with Gasteiger partial charge in [-0.1, -0.05) is 12.1 Å². The molecule has 0 unspecified atom stereocenters. The molecule has 1 heterocycles. The number of benzene rings is 2. The number of methoxy groups -OCH3 is 1. The highest BCUT2D eigenvalue weighted by atomic mass is 16.5. The quantitative estimate of drug-likeness (QED) is 0.647. The summed E-state index contributed by atoms with van der Waals surface area (Å²) >= 11 is 0. The largest absolute Gasteiger partial charge is 0.497 e. The lowest BCUT2D eigenvalue weighted by molar-refractivity contribution is -0.122. The first-order valence-corrected chi connectivity index (χ1v) is 8.56. The van der Waals surface area contributed by atoms with Crippen molar-refractivity contribution < 1.29 is 23.5 Å². The number of nitrogens with zero attached hydrogens (tertiary/aromatic N) is 1. The summed E-state index contributed by atoms with van der Waals surface area (Å²) in [6, 6.07) is 11.4. The van der Waals surface area contributed by atoms with Crippen molar-refractivity contribution in [1.29, 1.82) is 0 Å². The minimum absolute atomic E-state index is 0.0381. The number of hydrogen-bond donors (Lipinski definition) is 2. The maximum atomic E-state index is 12.2. The number of primary amides is 1. The van der Waals surface area contributed by atoms with Crippen molar-refractivity contribution in [3.8, 4) is 11.5 Å². The molecule has 0 bridgehead atoms. The van der Waals surface area contributed by atoms with Gasteiger partial charge < -0.3 is 24.9 Å². The summed E-state index contributed by atoms with van der Waals surface area (Å²) in [6.45, 7) is 3.06. The molecule has 0 saturated carbocycles. The third-order valence-electron chi connectivity index (χ3n) is 4.21. The Morgan fingerprint density at radius 1 is 1.14 bits per heavy atom. The van der Waals surface area contributed by atoms with Gasteiger partial charge in [-0.25, -0.2) is 4.98 Å². The summed E-state index contributed by atoms with van der Waals surface area (Å²) in [6.07, 6.45) is 1.20. The van der Waals surface area contributed by atoms with E-state index >= 15 is 0 Å². The third-order valence-corrected chi connectivity index (χ3v) is 4.21. The summed E-state index contributed by atoms with van der Waals surface area (Å²) in [7, 11) is 1.61. The zero-order chi connectivity index (χ0) is 20.3. The number of amides is 2. The molecule has 8 heteroatoms. The number of carbonyl (C=O) groups excluding carboxylic acids is 2. The summed E-state index contributed by atoms with van der Waals surface area (Å²) in [4.78, 5) is 27.6. The molecule has 2 amide bonds. The van der Waals surface area contributed by atoms with Crippen molar-refractivity contribution in [3.63, 3.8) is 0 Å². The minimum Gasteiger partial charge on any atom is -0.497 e. The lowest BCUT2D eigenvalue weighted by atomic mass is 10.1. The predicted molar refractivity (Wildman–Crippen MR) is 102 cm³/mol. The lowest BCUT2D eigenvalue weighted by Crippen LogP contribution is -2.53. The van der Waals surface area contributed by atoms with Gasteiger partial charge in [-0.15, -0.1) is 0 Å². The van der Waals surface area contributed by atoms with Crippen molar-refractivity contribution >= 4 is 22.6 Å². The van der Waals surface area contributed by atoms with Crippen molar-refractivity contribution in [3.05, 3.63) is 54.2 Å². The maximum absolute atomic E-state index is 12.2. The number of oxazole rings is 1. The molecule has 3 rings (SSSR count). The van der Waals surface area contributed by atoms with Gasteiger partial charge in [0.05, 0.1) is 7.11 Å². The van der Waals surface area contributed by atoms with Gasteiger partial charge in [0.2, 0.25) is 11.8 Å². The number of aromatic nitrogens is 1. The zero-order valence-electron chi connectivity index (χ0n) is 15.8. The van der Waals surface area contributed by atoms with E-state index in [4.69, 9.17) is 19.6 Å². The summed E-state index contributed by atoms with van der Waals surface area (Å²) < 4.78 is 16.2. The van der Waals surface area contributed by atoms with Crippen LogP contribution in [0.3, 0.4) is 0 Å². The van der Waals surface area contributed by atoms with Crippen LogP contribution in [0.5, 0.6) is 11.5 Å². The van der Waals surface area contributed by atoms with Gasteiger partial charge in [-0.2, -0.15) is 0 Å². The molecule has 2 aromatic carbocycles. The molecule has 0 radical (unpaired) electrons. The number of hydrogen-bond acceptors (Lipinski definition) is 6. The van der Waals surface area contributed by atoms with E-state index in [2.05, 4.69) is 10.3 Å². The van der Waals surface area contributed by atoms with Crippen molar-refractivity contribution in [2.45, 2.75) is 26.0 Å². The van der Waals surface area contributed by atoms with Crippen LogP contribution in [0.1, 0.15) is 30.2 Å². The number of rotatable bonds is 7. The Kier molecular flexibility index (Phi) is 5.21. The first kappa shape index (κ1) is 19.2. The first-order valence-electron chi connectivity index (χ1n) is 8.56. The Balaban J connectivity index is 1.66. The Morgan fingerprint density at radius 3 is 2.50 bits per heavy atom. The number of carbonyl (C=O) groups is 2. The highest BCUT2D eigenvalue weighted by Gasteiger charge is 2.28. The molecule has 0 fully saturated rings. The molecule has 146 valence electrons.